The lowest BCUT2D eigenvalue weighted by Crippen LogP contribution is -2.00. The highest BCUT2D eigenvalue weighted by Gasteiger charge is 2.05. The Balaban J connectivity index is 0.000000187. The summed E-state index contributed by atoms with van der Waals surface area (Å²) >= 11 is 0. The molecule has 0 amide bonds. The van der Waals surface area contributed by atoms with Crippen molar-refractivity contribution in [2.45, 2.75) is 0 Å². The zero-order valence-electron chi connectivity index (χ0n) is 15.3. The van der Waals surface area contributed by atoms with E-state index in [0.717, 1.165) is 0 Å². The Hall–Kier alpha value is -4.46. The average molecular weight is 406 g/mol. The van der Waals surface area contributed by atoms with Crippen LogP contribution in [0.15, 0.2) is 91.2 Å². The van der Waals surface area contributed by atoms with Crippen molar-refractivity contribution in [3.63, 3.8) is 0 Å². The molecule has 3 aromatic carbocycles. The molecular formula is C22H14O8. The van der Waals surface area contributed by atoms with E-state index in [1.54, 1.807) is 36.4 Å². The lowest BCUT2D eigenvalue weighted by atomic mass is 10.1. The summed E-state index contributed by atoms with van der Waals surface area (Å²) in [7, 11) is 0. The minimum Gasteiger partial charge on any atom is -0.478 e. The maximum atomic E-state index is 11.8. The first kappa shape index (κ1) is 20.3. The second-order valence-corrected chi connectivity index (χ2v) is 6.02. The van der Waals surface area contributed by atoms with E-state index < -0.39 is 23.2 Å². The fourth-order valence-electron chi connectivity index (χ4n) is 2.46. The van der Waals surface area contributed by atoms with Gasteiger partial charge in [0.05, 0.1) is 21.9 Å². The molecule has 0 unspecified atom stereocenters. The molecular weight excluding hydrogens is 392 g/mol. The highest BCUT2D eigenvalue weighted by molar-refractivity contribution is 5.91. The zero-order chi connectivity index (χ0) is 21.7. The molecule has 0 aliphatic carbocycles. The van der Waals surface area contributed by atoms with E-state index in [4.69, 9.17) is 19.0 Å². The van der Waals surface area contributed by atoms with Gasteiger partial charge in [-0.3, -0.25) is 0 Å². The van der Waals surface area contributed by atoms with Gasteiger partial charge in [-0.15, -0.1) is 0 Å². The molecule has 4 aromatic rings. The molecule has 0 spiro atoms. The lowest BCUT2D eigenvalue weighted by Gasteiger charge is -1.94. The zero-order valence-corrected chi connectivity index (χ0v) is 15.3. The number of rotatable bonds is 2. The Labute approximate surface area is 167 Å². The maximum absolute atomic E-state index is 11.8. The monoisotopic (exact) mass is 406 g/mol. The van der Waals surface area contributed by atoms with E-state index in [1.807, 2.05) is 0 Å². The number of benzene rings is 3. The molecule has 4 rings (SSSR count). The van der Waals surface area contributed by atoms with Crippen LogP contribution in [0.3, 0.4) is 0 Å². The second kappa shape index (κ2) is 8.70. The van der Waals surface area contributed by atoms with Gasteiger partial charge in [0.1, 0.15) is 11.2 Å². The molecule has 0 saturated carbocycles. The van der Waals surface area contributed by atoms with Gasteiger partial charge in [0.2, 0.25) is 0 Å². The number of hydrogen-bond acceptors (Lipinski definition) is 6. The highest BCUT2D eigenvalue weighted by atomic mass is 16.4. The van der Waals surface area contributed by atoms with E-state index in [1.165, 1.54) is 36.4 Å². The predicted octanol–water partition coefficient (Wildman–Crippen LogP) is 3.54. The predicted molar refractivity (Wildman–Crippen MR) is 108 cm³/mol. The van der Waals surface area contributed by atoms with Crippen LogP contribution in [0.1, 0.15) is 20.7 Å². The smallest absolute Gasteiger partial charge is 0.343 e. The van der Waals surface area contributed by atoms with Crippen molar-refractivity contribution >= 4 is 33.9 Å². The van der Waals surface area contributed by atoms with Gasteiger partial charge in [0.15, 0.2) is 0 Å². The van der Waals surface area contributed by atoms with Crippen LogP contribution < -0.4 is 11.3 Å². The fourth-order valence-corrected chi connectivity index (χ4v) is 2.46. The topological polar surface area (TPSA) is 135 Å². The standard InChI is InChI=1S/C14H8O4.C8H6O4/c15-13-9-3-1-4-10(7-9)14(16)18-12-6-2-5-11(8-12)17-13;9-7(10)5-1-2-6(4-3-5)8(11)12/h1-8H;1-4H,(H,9,10)(H,11,12). The number of carboxylic acids is 2. The van der Waals surface area contributed by atoms with Crippen LogP contribution in [0, 0.1) is 0 Å². The second-order valence-electron chi connectivity index (χ2n) is 6.02. The van der Waals surface area contributed by atoms with Crippen LogP contribution in [0.5, 0.6) is 0 Å². The summed E-state index contributed by atoms with van der Waals surface area (Å²) < 4.78 is 10.4. The minimum atomic E-state index is -1.06. The molecule has 0 radical (unpaired) electrons. The lowest BCUT2D eigenvalue weighted by molar-refractivity contribution is 0.0681. The third kappa shape index (κ3) is 4.87. The first-order valence-corrected chi connectivity index (χ1v) is 8.54. The summed E-state index contributed by atoms with van der Waals surface area (Å²) in [4.78, 5) is 44.3. The third-order valence-corrected chi connectivity index (χ3v) is 3.94. The average Bonchev–Trinajstić information content (AvgIpc) is 2.74. The van der Waals surface area contributed by atoms with Crippen molar-refractivity contribution in [1.82, 2.24) is 0 Å². The molecule has 2 N–H and O–H groups in total. The van der Waals surface area contributed by atoms with E-state index in [-0.39, 0.29) is 11.1 Å². The van der Waals surface area contributed by atoms with Crippen molar-refractivity contribution in [2.75, 3.05) is 0 Å². The quantitative estimate of drug-likeness (QED) is 0.516. The summed E-state index contributed by atoms with van der Waals surface area (Å²) in [6, 6.07) is 17.7. The van der Waals surface area contributed by atoms with Crippen molar-refractivity contribution in [2.24, 2.45) is 0 Å². The van der Waals surface area contributed by atoms with Gasteiger partial charge in [-0.1, -0.05) is 12.1 Å². The van der Waals surface area contributed by atoms with Crippen LogP contribution in [0.25, 0.3) is 21.9 Å². The van der Waals surface area contributed by atoms with Crippen molar-refractivity contribution in [1.29, 1.82) is 0 Å². The molecule has 8 nitrogen and oxygen atoms in total. The third-order valence-electron chi connectivity index (χ3n) is 3.94. The largest absolute Gasteiger partial charge is 0.478 e. The summed E-state index contributed by atoms with van der Waals surface area (Å²) in [5.74, 6) is -2.13. The van der Waals surface area contributed by atoms with Crippen LogP contribution in [-0.2, 0) is 0 Å². The highest BCUT2D eigenvalue weighted by Crippen LogP contribution is 2.07. The summed E-state index contributed by atoms with van der Waals surface area (Å²) in [5, 5.41) is 17.6. The van der Waals surface area contributed by atoms with Gasteiger partial charge in [-0.25, -0.2) is 19.2 Å². The number of fused-ring (bicyclic) bond motifs is 4. The van der Waals surface area contributed by atoms with Gasteiger partial charge < -0.3 is 19.0 Å². The fraction of sp³-hybridized carbons (Fsp3) is 0. The number of carbonyl (C=O) groups is 2. The van der Waals surface area contributed by atoms with Gasteiger partial charge in [0.25, 0.3) is 0 Å². The Morgan fingerprint density at radius 1 is 0.600 bits per heavy atom. The minimum absolute atomic E-state index is 0.0833. The Morgan fingerprint density at radius 2 is 1.00 bits per heavy atom. The molecule has 0 aliphatic heterocycles. The number of aromatic carboxylic acids is 2. The molecule has 8 heteroatoms. The summed E-state index contributed by atoms with van der Waals surface area (Å²) in [5.41, 5.74) is -0.136. The molecule has 0 saturated heterocycles. The van der Waals surface area contributed by atoms with Gasteiger partial charge >= 0.3 is 23.2 Å². The number of carboxylic acid groups (broad SMARTS) is 2. The Kier molecular flexibility index (Phi) is 5.88. The summed E-state index contributed by atoms with van der Waals surface area (Å²) in [6.45, 7) is 0. The number of hydrogen-bond donors (Lipinski definition) is 2. The molecule has 4 bridgehead atoms. The maximum Gasteiger partial charge on any atom is 0.343 e. The van der Waals surface area contributed by atoms with E-state index in [0.29, 0.717) is 21.9 Å². The molecule has 30 heavy (non-hydrogen) atoms. The van der Waals surface area contributed by atoms with Crippen molar-refractivity contribution in [3.8, 4) is 0 Å². The van der Waals surface area contributed by atoms with E-state index in [2.05, 4.69) is 0 Å². The van der Waals surface area contributed by atoms with Gasteiger partial charge in [-0.05, 0) is 54.6 Å². The van der Waals surface area contributed by atoms with Crippen LogP contribution in [0.4, 0.5) is 0 Å². The van der Waals surface area contributed by atoms with Crippen LogP contribution >= 0.6 is 0 Å². The van der Waals surface area contributed by atoms with E-state index in [9.17, 15) is 19.2 Å². The SMILES string of the molecule is O=C(O)c1ccc(C(=O)O)cc1.O=c1oc2cccc(c2)oc(=O)c2cccc1c2. The first-order valence-electron chi connectivity index (χ1n) is 8.54. The summed E-state index contributed by atoms with van der Waals surface area (Å²) in [6.07, 6.45) is 0. The molecule has 1 heterocycles. The first-order chi connectivity index (χ1) is 14.3. The normalized spacial score (nSPS) is 10.1. The molecule has 150 valence electrons. The molecule has 0 fully saturated rings. The van der Waals surface area contributed by atoms with Crippen molar-refractivity contribution in [3.05, 3.63) is 105 Å². The molecule has 0 aliphatic rings. The van der Waals surface area contributed by atoms with Gasteiger partial charge in [-0.2, -0.15) is 0 Å². The Bertz CT molecular complexity index is 1280. The van der Waals surface area contributed by atoms with Gasteiger partial charge in [0, 0.05) is 6.07 Å². The van der Waals surface area contributed by atoms with Crippen molar-refractivity contribution < 1.29 is 28.6 Å². The van der Waals surface area contributed by atoms with E-state index >= 15 is 0 Å². The Morgan fingerprint density at radius 3 is 1.40 bits per heavy atom. The van der Waals surface area contributed by atoms with Crippen LogP contribution in [-0.4, -0.2) is 22.2 Å². The molecule has 0 atom stereocenters. The van der Waals surface area contributed by atoms with Crippen LogP contribution in [0.2, 0.25) is 0 Å². The molecule has 1 aromatic heterocycles.